The number of carbonyl (C=O) groups is 1. The monoisotopic (exact) mass is 304 g/mol. The van der Waals surface area contributed by atoms with E-state index in [4.69, 9.17) is 16.3 Å². The molecule has 0 spiro atoms. The van der Waals surface area contributed by atoms with Gasteiger partial charge in [0.15, 0.2) is 5.75 Å². The summed E-state index contributed by atoms with van der Waals surface area (Å²) in [5, 5.41) is 9.49. The fraction of sp³-hybridized carbons (Fsp3) is 0.235. The third kappa shape index (κ3) is 3.56. The molecule has 0 atom stereocenters. The van der Waals surface area contributed by atoms with E-state index in [-0.39, 0.29) is 21.8 Å². The molecule has 0 aromatic heterocycles. The summed E-state index contributed by atoms with van der Waals surface area (Å²) in [7, 11) is 0. The molecule has 21 heavy (non-hydrogen) atoms. The average Bonchev–Trinajstić information content (AvgIpc) is 2.40. The van der Waals surface area contributed by atoms with Gasteiger partial charge in [-0.1, -0.05) is 50.6 Å². The van der Waals surface area contributed by atoms with Crippen molar-refractivity contribution in [2.24, 2.45) is 0 Å². The van der Waals surface area contributed by atoms with Crippen molar-refractivity contribution in [1.82, 2.24) is 0 Å². The van der Waals surface area contributed by atoms with Gasteiger partial charge in [0.25, 0.3) is 0 Å². The third-order valence-electron chi connectivity index (χ3n) is 3.12. The second-order valence-corrected chi connectivity index (χ2v) is 6.21. The second-order valence-electron chi connectivity index (χ2n) is 5.80. The van der Waals surface area contributed by atoms with Crippen LogP contribution in [0.5, 0.6) is 11.5 Å². The highest BCUT2D eigenvalue weighted by Crippen LogP contribution is 2.34. The number of hydrogen-bond donors (Lipinski definition) is 1. The van der Waals surface area contributed by atoms with E-state index in [0.29, 0.717) is 5.75 Å². The number of halogens is 1. The highest BCUT2D eigenvalue weighted by atomic mass is 35.5. The molecular weight excluding hydrogens is 288 g/mol. The molecular formula is C17H17ClO3. The molecule has 110 valence electrons. The van der Waals surface area contributed by atoms with Gasteiger partial charge in [-0.15, -0.1) is 0 Å². The van der Waals surface area contributed by atoms with E-state index >= 15 is 0 Å². The fourth-order valence-electron chi connectivity index (χ4n) is 1.92. The quantitative estimate of drug-likeness (QED) is 0.855. The molecule has 0 aliphatic carbocycles. The van der Waals surface area contributed by atoms with Crippen LogP contribution in [0.3, 0.4) is 0 Å². The molecule has 0 bridgehead atoms. The Labute approximate surface area is 129 Å². The van der Waals surface area contributed by atoms with E-state index in [9.17, 15) is 9.90 Å². The van der Waals surface area contributed by atoms with Gasteiger partial charge in [-0.3, -0.25) is 0 Å². The van der Waals surface area contributed by atoms with Crippen molar-refractivity contribution < 1.29 is 14.6 Å². The molecule has 0 aliphatic heterocycles. The number of ether oxygens (including phenoxy) is 1. The molecule has 0 amide bonds. The molecule has 0 heterocycles. The predicted octanol–water partition coefficient (Wildman–Crippen LogP) is 5.13. The largest absolute Gasteiger partial charge is 0.478 e. The smallest absolute Gasteiger partial charge is 0.339 e. The Balaban J connectivity index is 2.42. The minimum Gasteiger partial charge on any atom is -0.478 e. The molecule has 0 unspecified atom stereocenters. The van der Waals surface area contributed by atoms with Crippen molar-refractivity contribution >= 4 is 17.6 Å². The van der Waals surface area contributed by atoms with Gasteiger partial charge in [0.2, 0.25) is 0 Å². The van der Waals surface area contributed by atoms with E-state index < -0.39 is 5.97 Å². The normalized spacial score (nSPS) is 11.2. The van der Waals surface area contributed by atoms with Crippen molar-refractivity contribution in [3.8, 4) is 11.5 Å². The molecule has 0 saturated carbocycles. The van der Waals surface area contributed by atoms with Crippen LogP contribution in [0.2, 0.25) is 5.02 Å². The Morgan fingerprint density at radius 2 is 1.81 bits per heavy atom. The summed E-state index contributed by atoms with van der Waals surface area (Å²) >= 11 is 6.06. The molecule has 3 nitrogen and oxygen atoms in total. The summed E-state index contributed by atoms with van der Waals surface area (Å²) < 4.78 is 5.72. The Morgan fingerprint density at radius 3 is 2.43 bits per heavy atom. The van der Waals surface area contributed by atoms with Gasteiger partial charge in [-0.25, -0.2) is 4.79 Å². The Kier molecular flexibility index (Phi) is 4.24. The molecule has 0 radical (unpaired) electrons. The maximum atomic E-state index is 11.3. The second kappa shape index (κ2) is 5.78. The van der Waals surface area contributed by atoms with Gasteiger partial charge in [-0.2, -0.15) is 0 Å². The van der Waals surface area contributed by atoms with Gasteiger partial charge in [-0.05, 0) is 35.2 Å². The van der Waals surface area contributed by atoms with Gasteiger partial charge >= 0.3 is 5.97 Å². The number of rotatable bonds is 3. The number of para-hydroxylation sites is 1. The van der Waals surface area contributed by atoms with Crippen LogP contribution in [0.4, 0.5) is 0 Å². The van der Waals surface area contributed by atoms with E-state index in [0.717, 1.165) is 5.56 Å². The summed E-state index contributed by atoms with van der Waals surface area (Å²) in [6.07, 6.45) is 0. The standard InChI is InChI=1S/C17H17ClO3/c1-17(2,3)11-6-4-7-12(10-11)21-15-13(16(19)20)8-5-9-14(15)18/h4-10H,1-3H3,(H,19,20). The molecule has 1 N–H and O–H groups in total. The molecule has 2 aromatic rings. The van der Waals surface area contributed by atoms with Gasteiger partial charge in [0.1, 0.15) is 11.3 Å². The summed E-state index contributed by atoms with van der Waals surface area (Å²) in [6.45, 7) is 6.30. The number of carboxylic acids is 1. The fourth-order valence-corrected chi connectivity index (χ4v) is 2.14. The lowest BCUT2D eigenvalue weighted by Crippen LogP contribution is -2.10. The lowest BCUT2D eigenvalue weighted by molar-refractivity contribution is 0.0694. The Bertz CT molecular complexity index is 672. The van der Waals surface area contributed by atoms with E-state index in [2.05, 4.69) is 20.8 Å². The first-order valence-corrected chi connectivity index (χ1v) is 6.97. The Hall–Kier alpha value is -2.00. The first kappa shape index (κ1) is 15.4. The Morgan fingerprint density at radius 1 is 1.14 bits per heavy atom. The lowest BCUT2D eigenvalue weighted by atomic mass is 9.87. The number of hydrogen-bond acceptors (Lipinski definition) is 2. The molecule has 2 rings (SSSR count). The zero-order valence-corrected chi connectivity index (χ0v) is 12.9. The lowest BCUT2D eigenvalue weighted by Gasteiger charge is -2.20. The number of benzene rings is 2. The maximum Gasteiger partial charge on any atom is 0.339 e. The molecule has 2 aromatic carbocycles. The summed E-state index contributed by atoms with van der Waals surface area (Å²) in [6, 6.07) is 12.2. The average molecular weight is 305 g/mol. The topological polar surface area (TPSA) is 46.5 Å². The molecule has 0 fully saturated rings. The number of carboxylic acid groups (broad SMARTS) is 1. The first-order valence-electron chi connectivity index (χ1n) is 6.59. The summed E-state index contributed by atoms with van der Waals surface area (Å²) in [5.74, 6) is -0.338. The number of aromatic carboxylic acids is 1. The molecule has 4 heteroatoms. The minimum atomic E-state index is -1.07. The summed E-state index contributed by atoms with van der Waals surface area (Å²) in [5.41, 5.74) is 1.13. The van der Waals surface area contributed by atoms with Crippen LogP contribution < -0.4 is 4.74 Å². The maximum absolute atomic E-state index is 11.3. The molecule has 0 saturated heterocycles. The van der Waals surface area contributed by atoms with Crippen LogP contribution in [-0.4, -0.2) is 11.1 Å². The highest BCUT2D eigenvalue weighted by Gasteiger charge is 2.17. The SMILES string of the molecule is CC(C)(C)c1cccc(Oc2c(Cl)cccc2C(=O)O)c1. The van der Waals surface area contributed by atoms with Crippen LogP contribution in [0, 0.1) is 0 Å². The third-order valence-corrected chi connectivity index (χ3v) is 3.41. The molecule has 0 aliphatic rings. The van der Waals surface area contributed by atoms with Gasteiger partial charge < -0.3 is 9.84 Å². The van der Waals surface area contributed by atoms with Crippen molar-refractivity contribution in [3.05, 3.63) is 58.6 Å². The van der Waals surface area contributed by atoms with Crippen molar-refractivity contribution in [2.45, 2.75) is 26.2 Å². The first-order chi connectivity index (χ1) is 9.79. The van der Waals surface area contributed by atoms with Crippen LogP contribution >= 0.6 is 11.6 Å². The minimum absolute atomic E-state index is 0.0184. The van der Waals surface area contributed by atoms with E-state index in [1.165, 1.54) is 6.07 Å². The summed E-state index contributed by atoms with van der Waals surface area (Å²) in [4.78, 5) is 11.3. The van der Waals surface area contributed by atoms with E-state index in [1.54, 1.807) is 18.2 Å². The van der Waals surface area contributed by atoms with E-state index in [1.807, 2.05) is 18.2 Å². The van der Waals surface area contributed by atoms with Gasteiger partial charge in [0, 0.05) is 0 Å². The van der Waals surface area contributed by atoms with Gasteiger partial charge in [0.05, 0.1) is 5.02 Å². The van der Waals surface area contributed by atoms with Crippen LogP contribution in [0.25, 0.3) is 0 Å². The van der Waals surface area contributed by atoms with Crippen LogP contribution in [0.1, 0.15) is 36.7 Å². The zero-order chi connectivity index (χ0) is 15.6. The predicted molar refractivity (Wildman–Crippen MR) is 83.6 cm³/mol. The zero-order valence-electron chi connectivity index (χ0n) is 12.2. The van der Waals surface area contributed by atoms with Crippen molar-refractivity contribution in [1.29, 1.82) is 0 Å². The highest BCUT2D eigenvalue weighted by molar-refractivity contribution is 6.32. The van der Waals surface area contributed by atoms with Crippen LogP contribution in [0.15, 0.2) is 42.5 Å². The van der Waals surface area contributed by atoms with Crippen LogP contribution in [-0.2, 0) is 5.41 Å². The van der Waals surface area contributed by atoms with Crippen molar-refractivity contribution in [3.63, 3.8) is 0 Å². The van der Waals surface area contributed by atoms with Crippen molar-refractivity contribution in [2.75, 3.05) is 0 Å².